The third-order valence-corrected chi connectivity index (χ3v) is 3.45. The van der Waals surface area contributed by atoms with Crippen molar-refractivity contribution >= 4 is 33.5 Å². The summed E-state index contributed by atoms with van der Waals surface area (Å²) < 4.78 is 1.12. The van der Waals surface area contributed by atoms with E-state index in [1.54, 1.807) is 0 Å². The van der Waals surface area contributed by atoms with Crippen molar-refractivity contribution in [3.05, 3.63) is 27.7 Å². The van der Waals surface area contributed by atoms with Crippen LogP contribution in [0.5, 0.6) is 0 Å². The lowest BCUT2D eigenvalue weighted by atomic mass is 10.1. The summed E-state index contributed by atoms with van der Waals surface area (Å²) in [6, 6.07) is 4.03. The van der Waals surface area contributed by atoms with Gasteiger partial charge < -0.3 is 11.1 Å². The molecule has 0 spiro atoms. The van der Waals surface area contributed by atoms with Gasteiger partial charge in [-0.3, -0.25) is 0 Å². The Labute approximate surface area is 102 Å². The van der Waals surface area contributed by atoms with E-state index in [9.17, 15) is 0 Å². The summed E-state index contributed by atoms with van der Waals surface area (Å²) in [7, 11) is 0. The Balaban J connectivity index is 2.28. The molecule has 0 bridgehead atoms. The van der Waals surface area contributed by atoms with Gasteiger partial charge >= 0.3 is 0 Å². The Bertz CT molecular complexity index is 497. The van der Waals surface area contributed by atoms with Gasteiger partial charge in [-0.15, -0.1) is 5.10 Å². The fraction of sp³-hybridized carbons (Fsp3) is 0.200. The van der Waals surface area contributed by atoms with Gasteiger partial charge in [0.15, 0.2) is 0 Å². The van der Waals surface area contributed by atoms with E-state index in [1.165, 1.54) is 0 Å². The van der Waals surface area contributed by atoms with E-state index in [1.807, 2.05) is 26.0 Å². The molecule has 0 aliphatic carbocycles. The number of nitrogens with one attached hydrogen (secondary N) is 2. The maximum atomic E-state index is 5.44. The second kappa shape index (κ2) is 4.13. The number of aryl methyl sites for hydroxylation is 2. The fourth-order valence-electron chi connectivity index (χ4n) is 1.48. The zero-order valence-corrected chi connectivity index (χ0v) is 10.6. The topological polar surface area (TPSA) is 79.6 Å². The summed E-state index contributed by atoms with van der Waals surface area (Å²) >= 11 is 3.52. The number of hydrogen-bond acceptors (Lipinski definition) is 4. The van der Waals surface area contributed by atoms with Crippen LogP contribution in [-0.4, -0.2) is 15.2 Å². The molecule has 16 heavy (non-hydrogen) atoms. The van der Waals surface area contributed by atoms with E-state index in [4.69, 9.17) is 5.73 Å². The number of anilines is 3. The summed E-state index contributed by atoms with van der Waals surface area (Å²) in [6.45, 7) is 4.07. The summed E-state index contributed by atoms with van der Waals surface area (Å²) in [5, 5.41) is 9.56. The van der Waals surface area contributed by atoms with Crippen LogP contribution in [0.1, 0.15) is 11.1 Å². The lowest BCUT2D eigenvalue weighted by Gasteiger charge is -2.07. The number of H-pyrrole nitrogens is 1. The van der Waals surface area contributed by atoms with Crippen LogP contribution in [0.25, 0.3) is 0 Å². The van der Waals surface area contributed by atoms with E-state index >= 15 is 0 Å². The maximum absolute atomic E-state index is 5.44. The normalized spacial score (nSPS) is 10.4. The van der Waals surface area contributed by atoms with Gasteiger partial charge in [0.1, 0.15) is 0 Å². The maximum Gasteiger partial charge on any atom is 0.248 e. The van der Waals surface area contributed by atoms with Crippen molar-refractivity contribution in [3.63, 3.8) is 0 Å². The molecule has 84 valence electrons. The number of benzene rings is 1. The van der Waals surface area contributed by atoms with Crippen molar-refractivity contribution in [2.24, 2.45) is 0 Å². The van der Waals surface area contributed by atoms with Crippen molar-refractivity contribution in [1.29, 1.82) is 0 Å². The predicted octanol–water partition coefficient (Wildman–Crippen LogP) is 2.51. The predicted molar refractivity (Wildman–Crippen MR) is 67.7 cm³/mol. The van der Waals surface area contributed by atoms with Crippen LogP contribution in [-0.2, 0) is 0 Å². The zero-order chi connectivity index (χ0) is 11.7. The van der Waals surface area contributed by atoms with E-state index in [0.29, 0.717) is 11.9 Å². The number of halogens is 1. The third-order valence-electron chi connectivity index (χ3n) is 2.20. The van der Waals surface area contributed by atoms with Crippen LogP contribution in [0.2, 0.25) is 0 Å². The second-order valence-corrected chi connectivity index (χ2v) is 4.39. The van der Waals surface area contributed by atoms with Gasteiger partial charge in [-0.25, -0.2) is 5.10 Å². The van der Waals surface area contributed by atoms with E-state index < -0.39 is 0 Å². The number of nitrogens with zero attached hydrogens (tertiary/aromatic N) is 2. The van der Waals surface area contributed by atoms with Gasteiger partial charge in [-0.2, -0.15) is 4.98 Å². The number of nitrogens with two attached hydrogens (primary N) is 1. The lowest BCUT2D eigenvalue weighted by Crippen LogP contribution is -1.95. The van der Waals surface area contributed by atoms with Gasteiger partial charge in [0.25, 0.3) is 0 Å². The number of nitrogen functional groups attached to an aromatic ring is 1. The zero-order valence-electron chi connectivity index (χ0n) is 9.00. The van der Waals surface area contributed by atoms with Crippen LogP contribution in [0.4, 0.5) is 17.6 Å². The number of rotatable bonds is 2. The molecule has 0 aliphatic heterocycles. The first-order valence-corrected chi connectivity index (χ1v) is 5.57. The van der Waals surface area contributed by atoms with E-state index in [2.05, 4.69) is 36.4 Å². The van der Waals surface area contributed by atoms with Gasteiger partial charge in [-0.05, 0) is 37.1 Å². The van der Waals surface area contributed by atoms with Crippen molar-refractivity contribution in [2.75, 3.05) is 11.1 Å². The number of aromatic nitrogens is 3. The molecule has 0 unspecified atom stereocenters. The first-order valence-electron chi connectivity index (χ1n) is 4.78. The fourth-order valence-corrected chi connectivity index (χ4v) is 1.71. The first kappa shape index (κ1) is 10.9. The van der Waals surface area contributed by atoms with Crippen molar-refractivity contribution in [1.82, 2.24) is 15.2 Å². The van der Waals surface area contributed by atoms with E-state index in [-0.39, 0.29) is 0 Å². The second-order valence-electron chi connectivity index (χ2n) is 3.59. The molecule has 1 aromatic heterocycles. The minimum Gasteiger partial charge on any atom is -0.368 e. The smallest absolute Gasteiger partial charge is 0.248 e. The molecule has 0 aliphatic rings. The average molecular weight is 282 g/mol. The highest BCUT2D eigenvalue weighted by Gasteiger charge is 2.04. The molecule has 0 saturated carbocycles. The molecule has 0 amide bonds. The number of hydrogen-bond donors (Lipinski definition) is 3. The van der Waals surface area contributed by atoms with Crippen LogP contribution in [0.3, 0.4) is 0 Å². The van der Waals surface area contributed by atoms with Crippen LogP contribution in [0, 0.1) is 13.8 Å². The van der Waals surface area contributed by atoms with Gasteiger partial charge in [0.05, 0.1) is 0 Å². The summed E-state index contributed by atoms with van der Waals surface area (Å²) in [5.41, 5.74) is 8.70. The van der Waals surface area contributed by atoms with E-state index in [0.717, 1.165) is 21.3 Å². The van der Waals surface area contributed by atoms with Gasteiger partial charge in [0.2, 0.25) is 11.9 Å². The molecule has 5 nitrogen and oxygen atoms in total. The Hall–Kier alpha value is -1.56. The molecule has 2 aromatic rings. The Morgan fingerprint density at radius 3 is 2.44 bits per heavy atom. The standard InChI is InChI=1S/C10H12BrN5/c1-5-3-7(4-6(2)8(5)11)13-10-14-9(12)15-16-10/h3-4H,1-2H3,(H4,12,13,14,15,16). The van der Waals surface area contributed by atoms with Crippen molar-refractivity contribution in [2.45, 2.75) is 13.8 Å². The minimum absolute atomic E-state index is 0.299. The Morgan fingerprint density at radius 2 is 1.94 bits per heavy atom. The van der Waals surface area contributed by atoms with Crippen LogP contribution >= 0.6 is 15.9 Å². The Morgan fingerprint density at radius 1 is 1.31 bits per heavy atom. The monoisotopic (exact) mass is 281 g/mol. The molecular formula is C10H12BrN5. The first-order chi connectivity index (χ1) is 7.56. The highest BCUT2D eigenvalue weighted by molar-refractivity contribution is 9.10. The van der Waals surface area contributed by atoms with Crippen LogP contribution in [0.15, 0.2) is 16.6 Å². The molecule has 1 aromatic carbocycles. The Kier molecular flexibility index (Phi) is 2.82. The summed E-state index contributed by atoms with van der Waals surface area (Å²) in [5.74, 6) is 0.770. The third kappa shape index (κ3) is 2.16. The molecular weight excluding hydrogens is 270 g/mol. The summed E-state index contributed by atoms with van der Waals surface area (Å²) in [6.07, 6.45) is 0. The molecule has 0 fully saturated rings. The van der Waals surface area contributed by atoms with Gasteiger partial charge in [0, 0.05) is 10.2 Å². The summed E-state index contributed by atoms with van der Waals surface area (Å²) in [4.78, 5) is 3.98. The van der Waals surface area contributed by atoms with Crippen LogP contribution < -0.4 is 11.1 Å². The molecule has 0 saturated heterocycles. The SMILES string of the molecule is Cc1cc(Nc2n[nH]c(N)n2)cc(C)c1Br. The molecule has 0 atom stereocenters. The molecule has 0 radical (unpaired) electrons. The lowest BCUT2D eigenvalue weighted by molar-refractivity contribution is 1.10. The average Bonchev–Trinajstić information content (AvgIpc) is 2.60. The van der Waals surface area contributed by atoms with Crippen molar-refractivity contribution in [3.8, 4) is 0 Å². The molecule has 4 N–H and O–H groups in total. The molecule has 6 heteroatoms. The number of aromatic amines is 1. The quantitative estimate of drug-likeness (QED) is 0.790. The van der Waals surface area contributed by atoms with Crippen molar-refractivity contribution < 1.29 is 0 Å². The largest absolute Gasteiger partial charge is 0.368 e. The molecule has 1 heterocycles. The minimum atomic E-state index is 0.299. The highest BCUT2D eigenvalue weighted by Crippen LogP contribution is 2.26. The van der Waals surface area contributed by atoms with Gasteiger partial charge in [-0.1, -0.05) is 15.9 Å². The highest BCUT2D eigenvalue weighted by atomic mass is 79.9. The molecule has 2 rings (SSSR count).